The number of nitrogens with one attached hydrogen (secondary N) is 1. The third-order valence-electron chi connectivity index (χ3n) is 3.70. The highest BCUT2D eigenvalue weighted by molar-refractivity contribution is 7.08. The van der Waals surface area contributed by atoms with Crippen molar-refractivity contribution in [3.63, 3.8) is 0 Å². The Morgan fingerprint density at radius 2 is 1.77 bits per heavy atom. The third kappa shape index (κ3) is 3.26. The zero-order chi connectivity index (χ0) is 15.4. The van der Waals surface area contributed by atoms with E-state index in [-0.39, 0.29) is 5.91 Å². The molecule has 1 N–H and O–H groups in total. The quantitative estimate of drug-likeness (QED) is 0.746. The van der Waals surface area contributed by atoms with Crippen LogP contribution in [0.2, 0.25) is 0 Å². The maximum Gasteiger partial charge on any atom is 0.251 e. The van der Waals surface area contributed by atoms with E-state index < -0.39 is 0 Å². The Labute approximate surface area is 134 Å². The average Bonchev–Trinajstić information content (AvgIpc) is 3.08. The normalized spacial score (nSPS) is 10.4. The van der Waals surface area contributed by atoms with E-state index in [4.69, 9.17) is 0 Å². The lowest BCUT2D eigenvalue weighted by molar-refractivity contribution is 0.0951. The fourth-order valence-corrected chi connectivity index (χ4v) is 2.99. The van der Waals surface area contributed by atoms with E-state index >= 15 is 0 Å². The summed E-state index contributed by atoms with van der Waals surface area (Å²) in [5.41, 5.74) is 5.35. The molecule has 0 atom stereocenters. The molecule has 110 valence electrons. The summed E-state index contributed by atoms with van der Waals surface area (Å²) in [6.07, 6.45) is 0. The number of carbonyl (C=O) groups is 1. The number of benzene rings is 2. The van der Waals surface area contributed by atoms with Crippen molar-refractivity contribution in [2.75, 3.05) is 0 Å². The lowest BCUT2D eigenvalue weighted by Gasteiger charge is -2.08. The van der Waals surface area contributed by atoms with E-state index in [0.29, 0.717) is 12.1 Å². The number of amides is 1. The van der Waals surface area contributed by atoms with Crippen molar-refractivity contribution >= 4 is 17.2 Å². The summed E-state index contributed by atoms with van der Waals surface area (Å²) in [5, 5.41) is 7.13. The predicted molar refractivity (Wildman–Crippen MR) is 92.1 cm³/mol. The van der Waals surface area contributed by atoms with Gasteiger partial charge in [-0.2, -0.15) is 11.3 Å². The third-order valence-corrected chi connectivity index (χ3v) is 4.39. The van der Waals surface area contributed by atoms with Crippen LogP contribution in [-0.4, -0.2) is 5.91 Å². The maximum absolute atomic E-state index is 12.2. The van der Waals surface area contributed by atoms with Gasteiger partial charge in [-0.25, -0.2) is 0 Å². The molecule has 3 aromatic rings. The molecular weight excluding hydrogens is 290 g/mol. The van der Waals surface area contributed by atoms with Crippen LogP contribution in [0, 0.1) is 6.92 Å². The summed E-state index contributed by atoms with van der Waals surface area (Å²) in [6.45, 7) is 2.61. The van der Waals surface area contributed by atoms with Gasteiger partial charge in [-0.05, 0) is 58.1 Å². The Balaban J connectivity index is 1.67. The van der Waals surface area contributed by atoms with Crippen LogP contribution in [0.5, 0.6) is 0 Å². The standard InChI is InChI=1S/C19H17NOS/c1-14-4-2-3-5-17(14)12-20-19(21)16-8-6-15(7-9-16)18-10-11-22-13-18/h2-11,13H,12H2,1H3,(H,20,21). The Hall–Kier alpha value is -2.39. The first-order valence-corrected chi connectivity index (χ1v) is 8.13. The summed E-state index contributed by atoms with van der Waals surface area (Å²) in [5.74, 6) is -0.0416. The molecule has 22 heavy (non-hydrogen) atoms. The highest BCUT2D eigenvalue weighted by atomic mass is 32.1. The predicted octanol–water partition coefficient (Wildman–Crippen LogP) is 4.65. The summed E-state index contributed by atoms with van der Waals surface area (Å²) in [6, 6.07) is 17.9. The van der Waals surface area contributed by atoms with E-state index in [0.717, 1.165) is 11.1 Å². The van der Waals surface area contributed by atoms with E-state index in [1.807, 2.05) is 42.5 Å². The van der Waals surface area contributed by atoms with Crippen LogP contribution in [0.3, 0.4) is 0 Å². The molecule has 0 saturated carbocycles. The van der Waals surface area contributed by atoms with Gasteiger partial charge in [0.1, 0.15) is 0 Å². The molecule has 0 fully saturated rings. The van der Waals surface area contributed by atoms with Crippen LogP contribution in [0.1, 0.15) is 21.5 Å². The summed E-state index contributed by atoms with van der Waals surface area (Å²) < 4.78 is 0. The van der Waals surface area contributed by atoms with Gasteiger partial charge in [0.15, 0.2) is 0 Å². The number of aryl methyl sites for hydroxylation is 1. The van der Waals surface area contributed by atoms with Crippen LogP contribution < -0.4 is 5.32 Å². The van der Waals surface area contributed by atoms with Gasteiger partial charge in [0.2, 0.25) is 0 Å². The van der Waals surface area contributed by atoms with Crippen LogP contribution in [-0.2, 0) is 6.54 Å². The van der Waals surface area contributed by atoms with Gasteiger partial charge in [-0.3, -0.25) is 4.79 Å². The highest BCUT2D eigenvalue weighted by Gasteiger charge is 2.06. The number of hydrogen-bond acceptors (Lipinski definition) is 2. The van der Waals surface area contributed by atoms with E-state index in [1.54, 1.807) is 11.3 Å². The molecule has 1 aromatic heterocycles. The molecule has 2 nitrogen and oxygen atoms in total. The minimum atomic E-state index is -0.0416. The first kappa shape index (κ1) is 14.5. The Bertz CT molecular complexity index is 760. The van der Waals surface area contributed by atoms with Crippen molar-refractivity contribution in [1.82, 2.24) is 5.32 Å². The van der Waals surface area contributed by atoms with E-state index in [1.165, 1.54) is 11.1 Å². The molecule has 2 aromatic carbocycles. The molecule has 0 unspecified atom stereocenters. The largest absolute Gasteiger partial charge is 0.348 e. The topological polar surface area (TPSA) is 29.1 Å². The fourth-order valence-electron chi connectivity index (χ4n) is 2.33. The Morgan fingerprint density at radius 3 is 2.45 bits per heavy atom. The number of carbonyl (C=O) groups excluding carboxylic acids is 1. The summed E-state index contributed by atoms with van der Waals surface area (Å²) in [7, 11) is 0. The van der Waals surface area contributed by atoms with Crippen molar-refractivity contribution in [2.45, 2.75) is 13.5 Å². The van der Waals surface area contributed by atoms with Crippen molar-refractivity contribution < 1.29 is 4.79 Å². The first-order valence-electron chi connectivity index (χ1n) is 7.19. The van der Waals surface area contributed by atoms with E-state index in [2.05, 4.69) is 35.1 Å². The minimum Gasteiger partial charge on any atom is -0.348 e. The van der Waals surface area contributed by atoms with Crippen molar-refractivity contribution in [2.24, 2.45) is 0 Å². The van der Waals surface area contributed by atoms with Gasteiger partial charge in [0, 0.05) is 12.1 Å². The second kappa shape index (κ2) is 6.58. The first-order chi connectivity index (χ1) is 10.7. The van der Waals surface area contributed by atoms with Crippen molar-refractivity contribution in [1.29, 1.82) is 0 Å². The molecule has 1 heterocycles. The zero-order valence-corrected chi connectivity index (χ0v) is 13.2. The van der Waals surface area contributed by atoms with Gasteiger partial charge < -0.3 is 5.32 Å². The molecule has 3 rings (SSSR count). The molecule has 3 heteroatoms. The summed E-state index contributed by atoms with van der Waals surface area (Å²) >= 11 is 1.67. The minimum absolute atomic E-state index is 0.0416. The summed E-state index contributed by atoms with van der Waals surface area (Å²) in [4.78, 5) is 12.2. The van der Waals surface area contributed by atoms with E-state index in [9.17, 15) is 4.79 Å². The second-order valence-electron chi connectivity index (χ2n) is 5.20. The molecule has 0 bridgehead atoms. The second-order valence-corrected chi connectivity index (χ2v) is 5.98. The highest BCUT2D eigenvalue weighted by Crippen LogP contribution is 2.22. The fraction of sp³-hybridized carbons (Fsp3) is 0.105. The SMILES string of the molecule is Cc1ccccc1CNC(=O)c1ccc(-c2ccsc2)cc1. The molecule has 0 radical (unpaired) electrons. The molecular formula is C19H17NOS. The van der Waals surface area contributed by atoms with Crippen LogP contribution >= 0.6 is 11.3 Å². The number of thiophene rings is 1. The number of rotatable bonds is 4. The monoisotopic (exact) mass is 307 g/mol. The molecule has 0 aliphatic heterocycles. The molecule has 1 amide bonds. The van der Waals surface area contributed by atoms with Gasteiger partial charge in [-0.15, -0.1) is 0 Å². The van der Waals surface area contributed by atoms with Crippen molar-refractivity contribution in [3.8, 4) is 11.1 Å². The Kier molecular flexibility index (Phi) is 4.35. The van der Waals surface area contributed by atoms with Crippen LogP contribution in [0.25, 0.3) is 11.1 Å². The Morgan fingerprint density at radius 1 is 1.00 bits per heavy atom. The maximum atomic E-state index is 12.2. The lowest BCUT2D eigenvalue weighted by atomic mass is 10.1. The van der Waals surface area contributed by atoms with Crippen LogP contribution in [0.15, 0.2) is 65.4 Å². The van der Waals surface area contributed by atoms with Gasteiger partial charge >= 0.3 is 0 Å². The molecule has 0 aliphatic rings. The lowest BCUT2D eigenvalue weighted by Crippen LogP contribution is -2.23. The van der Waals surface area contributed by atoms with Gasteiger partial charge in [0.05, 0.1) is 0 Å². The average molecular weight is 307 g/mol. The molecule has 0 aliphatic carbocycles. The molecule has 0 spiro atoms. The van der Waals surface area contributed by atoms with Gasteiger partial charge in [-0.1, -0.05) is 36.4 Å². The smallest absolute Gasteiger partial charge is 0.251 e. The van der Waals surface area contributed by atoms with Crippen LogP contribution in [0.4, 0.5) is 0 Å². The number of hydrogen-bond donors (Lipinski definition) is 1. The zero-order valence-electron chi connectivity index (χ0n) is 12.4. The molecule has 0 saturated heterocycles. The van der Waals surface area contributed by atoms with Gasteiger partial charge in [0.25, 0.3) is 5.91 Å². The van der Waals surface area contributed by atoms with Crippen molar-refractivity contribution in [3.05, 3.63) is 82.0 Å².